The molecule has 0 heterocycles. The molecule has 6 heteroatoms. The SMILES string of the molecule is CCC1(CNS(=O)(=O)c2ccc(C#CCO)c(F)c2)CC1. The van der Waals surface area contributed by atoms with Gasteiger partial charge < -0.3 is 5.11 Å². The molecule has 21 heavy (non-hydrogen) atoms. The minimum absolute atomic E-state index is 0.0650. The molecule has 4 nitrogen and oxygen atoms in total. The summed E-state index contributed by atoms with van der Waals surface area (Å²) >= 11 is 0. The zero-order valence-corrected chi connectivity index (χ0v) is 12.6. The van der Waals surface area contributed by atoms with Crippen molar-refractivity contribution < 1.29 is 17.9 Å². The molecule has 1 saturated carbocycles. The van der Waals surface area contributed by atoms with Crippen molar-refractivity contribution in [2.45, 2.75) is 31.1 Å². The fraction of sp³-hybridized carbons (Fsp3) is 0.467. The monoisotopic (exact) mass is 311 g/mol. The Bertz CT molecular complexity index is 685. The van der Waals surface area contributed by atoms with Gasteiger partial charge in [0.05, 0.1) is 10.5 Å². The minimum atomic E-state index is -3.71. The van der Waals surface area contributed by atoms with Gasteiger partial charge in [-0.2, -0.15) is 0 Å². The summed E-state index contributed by atoms with van der Waals surface area (Å²) in [5.74, 6) is 4.04. The summed E-state index contributed by atoms with van der Waals surface area (Å²) in [4.78, 5) is -0.110. The van der Waals surface area contributed by atoms with Crippen molar-refractivity contribution in [1.29, 1.82) is 0 Å². The maximum atomic E-state index is 13.8. The van der Waals surface area contributed by atoms with Gasteiger partial charge in [-0.15, -0.1) is 0 Å². The second-order valence-corrected chi connectivity index (χ2v) is 7.05. The molecule has 1 aliphatic carbocycles. The Labute approximate surface area is 124 Å². The van der Waals surface area contributed by atoms with Crippen molar-refractivity contribution in [2.75, 3.05) is 13.2 Å². The molecule has 1 aromatic rings. The summed E-state index contributed by atoms with van der Waals surface area (Å²) in [6.45, 7) is 2.05. The molecule has 0 unspecified atom stereocenters. The highest BCUT2D eigenvalue weighted by atomic mass is 32.2. The molecule has 0 bridgehead atoms. The molecule has 0 aliphatic heterocycles. The first-order chi connectivity index (χ1) is 9.92. The number of aliphatic hydroxyl groups is 1. The first-order valence-corrected chi connectivity index (χ1v) is 8.30. The Morgan fingerprint density at radius 2 is 2.14 bits per heavy atom. The van der Waals surface area contributed by atoms with E-state index in [0.29, 0.717) is 6.54 Å². The second kappa shape index (κ2) is 6.14. The van der Waals surface area contributed by atoms with Gasteiger partial charge in [-0.05, 0) is 42.9 Å². The summed E-state index contributed by atoms with van der Waals surface area (Å²) in [6, 6.07) is 3.58. The maximum Gasteiger partial charge on any atom is 0.240 e. The number of hydrogen-bond donors (Lipinski definition) is 2. The van der Waals surface area contributed by atoms with Gasteiger partial charge in [0.15, 0.2) is 0 Å². The van der Waals surface area contributed by atoms with Gasteiger partial charge in [0, 0.05) is 6.54 Å². The standard InChI is InChI=1S/C15H18FNO3S/c1-2-15(7-8-15)11-17-21(19,20)13-6-5-12(4-3-9-18)14(16)10-13/h5-6,10,17-18H,2,7-9,11H2,1H3. The molecule has 1 aromatic carbocycles. The van der Waals surface area contributed by atoms with Crippen molar-refractivity contribution in [1.82, 2.24) is 4.72 Å². The zero-order chi connectivity index (χ0) is 15.5. The normalized spacial score (nSPS) is 16.1. The number of hydrogen-bond acceptors (Lipinski definition) is 3. The summed E-state index contributed by atoms with van der Waals surface area (Å²) in [5.41, 5.74) is 0.147. The van der Waals surface area contributed by atoms with Gasteiger partial charge in [0.25, 0.3) is 0 Å². The molecule has 0 amide bonds. The van der Waals surface area contributed by atoms with Crippen LogP contribution in [0.3, 0.4) is 0 Å². The van der Waals surface area contributed by atoms with E-state index in [4.69, 9.17) is 5.11 Å². The summed E-state index contributed by atoms with van der Waals surface area (Å²) in [7, 11) is -3.71. The van der Waals surface area contributed by atoms with Crippen LogP contribution in [0.2, 0.25) is 0 Å². The predicted molar refractivity (Wildman–Crippen MR) is 77.5 cm³/mol. The first-order valence-electron chi connectivity index (χ1n) is 6.81. The molecular formula is C15H18FNO3S. The van der Waals surface area contributed by atoms with E-state index in [1.54, 1.807) is 0 Å². The van der Waals surface area contributed by atoms with Crippen LogP contribution in [0.15, 0.2) is 23.1 Å². The molecule has 0 aromatic heterocycles. The number of sulfonamides is 1. The van der Waals surface area contributed by atoms with Gasteiger partial charge in [-0.3, -0.25) is 0 Å². The lowest BCUT2D eigenvalue weighted by molar-refractivity contribution is 0.350. The molecular weight excluding hydrogens is 293 g/mol. The van der Waals surface area contributed by atoms with Crippen LogP contribution in [-0.4, -0.2) is 26.7 Å². The second-order valence-electron chi connectivity index (χ2n) is 5.28. The number of benzene rings is 1. The number of halogens is 1. The number of aliphatic hydroxyl groups excluding tert-OH is 1. The van der Waals surface area contributed by atoms with Crippen molar-refractivity contribution in [3.8, 4) is 11.8 Å². The van der Waals surface area contributed by atoms with Crippen LogP contribution in [0.1, 0.15) is 31.7 Å². The third kappa shape index (κ3) is 3.82. The van der Waals surface area contributed by atoms with E-state index in [9.17, 15) is 12.8 Å². The topological polar surface area (TPSA) is 66.4 Å². The fourth-order valence-corrected chi connectivity index (χ4v) is 3.23. The van der Waals surface area contributed by atoms with Crippen LogP contribution in [0, 0.1) is 23.1 Å². The van der Waals surface area contributed by atoms with Gasteiger partial charge in [-0.25, -0.2) is 17.5 Å². The van der Waals surface area contributed by atoms with E-state index in [-0.39, 0.29) is 22.5 Å². The lowest BCUT2D eigenvalue weighted by Gasteiger charge is -2.14. The Kier molecular flexibility index (Phi) is 4.67. The lowest BCUT2D eigenvalue weighted by atomic mass is 10.1. The molecule has 2 rings (SSSR count). The summed E-state index contributed by atoms with van der Waals surface area (Å²) in [5, 5.41) is 8.58. The van der Waals surface area contributed by atoms with Crippen LogP contribution in [0.4, 0.5) is 4.39 Å². The summed E-state index contributed by atoms with van der Waals surface area (Å²) in [6.07, 6.45) is 2.98. The van der Waals surface area contributed by atoms with Gasteiger partial charge >= 0.3 is 0 Å². The quantitative estimate of drug-likeness (QED) is 0.812. The highest BCUT2D eigenvalue weighted by molar-refractivity contribution is 7.89. The lowest BCUT2D eigenvalue weighted by Crippen LogP contribution is -2.30. The molecule has 0 saturated heterocycles. The highest BCUT2D eigenvalue weighted by Gasteiger charge is 2.41. The van der Waals surface area contributed by atoms with Crippen molar-refractivity contribution in [3.63, 3.8) is 0 Å². The maximum absolute atomic E-state index is 13.8. The predicted octanol–water partition coefficient (Wildman–Crippen LogP) is 1.64. The van der Waals surface area contributed by atoms with Gasteiger partial charge in [0.2, 0.25) is 10.0 Å². The van der Waals surface area contributed by atoms with Crippen LogP contribution in [0.25, 0.3) is 0 Å². The Morgan fingerprint density at radius 3 is 2.67 bits per heavy atom. The number of rotatable bonds is 5. The van der Waals surface area contributed by atoms with Crippen molar-refractivity contribution in [3.05, 3.63) is 29.6 Å². The molecule has 1 aliphatic rings. The molecule has 0 spiro atoms. The third-order valence-electron chi connectivity index (χ3n) is 3.90. The molecule has 1 fully saturated rings. The number of nitrogens with one attached hydrogen (secondary N) is 1. The molecule has 0 atom stereocenters. The van der Waals surface area contributed by atoms with E-state index in [2.05, 4.69) is 16.6 Å². The van der Waals surface area contributed by atoms with E-state index in [1.165, 1.54) is 12.1 Å². The van der Waals surface area contributed by atoms with E-state index in [1.807, 2.05) is 6.92 Å². The first kappa shape index (κ1) is 16.0. The van der Waals surface area contributed by atoms with Crippen LogP contribution in [0.5, 0.6) is 0 Å². The van der Waals surface area contributed by atoms with E-state index >= 15 is 0 Å². The minimum Gasteiger partial charge on any atom is -0.384 e. The zero-order valence-electron chi connectivity index (χ0n) is 11.8. The fourth-order valence-electron chi connectivity index (χ4n) is 2.06. The van der Waals surface area contributed by atoms with Crippen LogP contribution in [-0.2, 0) is 10.0 Å². The summed E-state index contributed by atoms with van der Waals surface area (Å²) < 4.78 is 40.6. The largest absolute Gasteiger partial charge is 0.384 e. The van der Waals surface area contributed by atoms with Crippen molar-refractivity contribution >= 4 is 10.0 Å². The van der Waals surface area contributed by atoms with Crippen molar-refractivity contribution in [2.24, 2.45) is 5.41 Å². The Hall–Kier alpha value is -1.42. The average molecular weight is 311 g/mol. The Morgan fingerprint density at radius 1 is 1.43 bits per heavy atom. The van der Waals surface area contributed by atoms with E-state index < -0.39 is 15.8 Å². The third-order valence-corrected chi connectivity index (χ3v) is 5.30. The van der Waals surface area contributed by atoms with Gasteiger partial charge in [-0.1, -0.05) is 18.8 Å². The Balaban J connectivity index is 2.15. The van der Waals surface area contributed by atoms with Gasteiger partial charge in [0.1, 0.15) is 12.4 Å². The van der Waals surface area contributed by atoms with Crippen LogP contribution < -0.4 is 4.72 Å². The molecule has 2 N–H and O–H groups in total. The molecule has 0 radical (unpaired) electrons. The smallest absolute Gasteiger partial charge is 0.240 e. The molecule has 114 valence electrons. The average Bonchev–Trinajstić information content (AvgIpc) is 3.25. The highest BCUT2D eigenvalue weighted by Crippen LogP contribution is 2.48. The van der Waals surface area contributed by atoms with Crippen LogP contribution >= 0.6 is 0 Å². The van der Waals surface area contributed by atoms with E-state index in [0.717, 1.165) is 25.3 Å².